The van der Waals surface area contributed by atoms with Crippen molar-refractivity contribution < 1.29 is 14.6 Å². The standard InChI is InChI=1S/C25H46ClN7O3/c26-19-6-2-5-18-20(8-12-36-23(18)19)30-25(35)16-3-1-4-17(13-16)28-14-22-31-32-24(33(22)10-11-34)21-7-9-27-15-29-21/h16-24,27-29,31-32,34H,1-15H2,(H,30,35)/t16?,17?,18?,19?,20-,21?,22?,23?,24?/m0/s1. The van der Waals surface area contributed by atoms with Gasteiger partial charge in [-0.15, -0.1) is 11.6 Å². The van der Waals surface area contributed by atoms with E-state index in [0.29, 0.717) is 31.2 Å². The Balaban J connectivity index is 1.10. The van der Waals surface area contributed by atoms with Crippen LogP contribution in [0, 0.1) is 11.8 Å². The predicted molar refractivity (Wildman–Crippen MR) is 139 cm³/mol. The Morgan fingerprint density at radius 2 is 2.00 bits per heavy atom. The number of carbonyl (C=O) groups is 1. The summed E-state index contributed by atoms with van der Waals surface area (Å²) in [5.74, 6) is 0.614. The molecule has 0 spiro atoms. The van der Waals surface area contributed by atoms with Gasteiger partial charge in [-0.1, -0.05) is 12.8 Å². The first kappa shape index (κ1) is 27.0. The zero-order valence-corrected chi connectivity index (χ0v) is 22.1. The summed E-state index contributed by atoms with van der Waals surface area (Å²) in [6.07, 6.45) is 9.48. The molecular weight excluding hydrogens is 482 g/mol. The summed E-state index contributed by atoms with van der Waals surface area (Å²) >= 11 is 6.55. The lowest BCUT2D eigenvalue weighted by Gasteiger charge is -2.44. The number of aliphatic hydroxyl groups is 1. The van der Waals surface area contributed by atoms with Gasteiger partial charge >= 0.3 is 0 Å². The lowest BCUT2D eigenvalue weighted by atomic mass is 9.78. The quantitative estimate of drug-likeness (QED) is 0.215. The number of halogens is 1. The largest absolute Gasteiger partial charge is 0.395 e. The maximum absolute atomic E-state index is 13.3. The average molecular weight is 528 g/mol. The van der Waals surface area contributed by atoms with Crippen molar-refractivity contribution >= 4 is 17.5 Å². The van der Waals surface area contributed by atoms with E-state index in [1.807, 2.05) is 0 Å². The number of fused-ring (bicyclic) bond motifs is 1. The Morgan fingerprint density at radius 3 is 2.83 bits per heavy atom. The van der Waals surface area contributed by atoms with Crippen LogP contribution in [0.1, 0.15) is 57.8 Å². The molecule has 1 amide bonds. The molecule has 7 N–H and O–H groups in total. The number of β-amino-alcohol motifs (C(OH)–C–C–N with tert-alkyl or cyclic N) is 1. The van der Waals surface area contributed by atoms with E-state index in [-0.39, 0.29) is 48.3 Å². The van der Waals surface area contributed by atoms with Gasteiger partial charge in [-0.05, 0) is 51.5 Å². The summed E-state index contributed by atoms with van der Waals surface area (Å²) in [5.41, 5.74) is 6.88. The van der Waals surface area contributed by atoms with Crippen molar-refractivity contribution in [3.8, 4) is 0 Å². The van der Waals surface area contributed by atoms with Gasteiger partial charge < -0.3 is 25.8 Å². The number of rotatable bonds is 8. The number of ether oxygens (including phenoxy) is 1. The molecule has 2 saturated carbocycles. The van der Waals surface area contributed by atoms with Gasteiger partial charge in [-0.25, -0.2) is 10.9 Å². The lowest BCUT2D eigenvalue weighted by Crippen LogP contribution is -2.59. The molecular formula is C25H46ClN7O3. The molecule has 5 fully saturated rings. The summed E-state index contributed by atoms with van der Waals surface area (Å²) in [6, 6.07) is 0.848. The molecule has 36 heavy (non-hydrogen) atoms. The van der Waals surface area contributed by atoms with E-state index in [1.54, 1.807) is 0 Å². The van der Waals surface area contributed by atoms with Crippen LogP contribution in [0.25, 0.3) is 0 Å². The van der Waals surface area contributed by atoms with E-state index in [1.165, 1.54) is 0 Å². The van der Waals surface area contributed by atoms with Gasteiger partial charge in [0.25, 0.3) is 0 Å². The van der Waals surface area contributed by atoms with Crippen LogP contribution in [0.4, 0.5) is 0 Å². The van der Waals surface area contributed by atoms with Crippen LogP contribution in [0.15, 0.2) is 0 Å². The van der Waals surface area contributed by atoms with Crippen molar-refractivity contribution in [2.24, 2.45) is 11.8 Å². The predicted octanol–water partition coefficient (Wildman–Crippen LogP) is -0.221. The molecule has 11 heteroatoms. The maximum Gasteiger partial charge on any atom is 0.223 e. The van der Waals surface area contributed by atoms with Crippen molar-refractivity contribution in [1.82, 2.24) is 37.0 Å². The van der Waals surface area contributed by atoms with Crippen molar-refractivity contribution in [2.45, 2.75) is 99.7 Å². The minimum atomic E-state index is 0.0582. The number of nitrogens with zero attached hydrogens (tertiary/aromatic N) is 1. The zero-order chi connectivity index (χ0) is 24.9. The SMILES string of the molecule is O=C(N[C@H]1CCOC2C(Cl)CCCC21)C1CCCC(NCC2NNC(C3CCNCN3)N2CCO)C1. The van der Waals surface area contributed by atoms with Gasteiger partial charge in [-0.2, -0.15) is 0 Å². The van der Waals surface area contributed by atoms with E-state index in [2.05, 4.69) is 37.0 Å². The van der Waals surface area contributed by atoms with Crippen molar-refractivity contribution in [2.75, 3.05) is 39.5 Å². The Hall–Kier alpha value is -0.560. The Bertz CT molecular complexity index is 715. The third-order valence-corrected chi connectivity index (χ3v) is 9.51. The fourth-order valence-electron chi connectivity index (χ4n) is 7.09. The smallest absolute Gasteiger partial charge is 0.223 e. The van der Waals surface area contributed by atoms with Crippen molar-refractivity contribution in [1.29, 1.82) is 0 Å². The molecule has 9 atom stereocenters. The molecule has 5 aliphatic rings. The molecule has 0 aromatic heterocycles. The van der Waals surface area contributed by atoms with Gasteiger partial charge in [0.2, 0.25) is 5.91 Å². The molecule has 3 heterocycles. The molecule has 0 aromatic rings. The number of hydrogen-bond acceptors (Lipinski definition) is 9. The Kier molecular flexibility index (Phi) is 9.75. The van der Waals surface area contributed by atoms with Gasteiger partial charge in [0.05, 0.1) is 30.4 Å². The molecule has 206 valence electrons. The first-order valence-corrected chi connectivity index (χ1v) is 14.7. The van der Waals surface area contributed by atoms with E-state index in [9.17, 15) is 9.90 Å². The maximum atomic E-state index is 13.3. The lowest BCUT2D eigenvalue weighted by molar-refractivity contribution is -0.130. The topological polar surface area (TPSA) is 122 Å². The van der Waals surface area contributed by atoms with Crippen molar-refractivity contribution in [3.63, 3.8) is 0 Å². The highest BCUT2D eigenvalue weighted by molar-refractivity contribution is 6.21. The summed E-state index contributed by atoms with van der Waals surface area (Å²) < 4.78 is 5.99. The van der Waals surface area contributed by atoms with Crippen molar-refractivity contribution in [3.05, 3.63) is 0 Å². The van der Waals surface area contributed by atoms with Crippen LogP contribution in [-0.2, 0) is 9.53 Å². The second-order valence-corrected chi connectivity index (χ2v) is 11.9. The van der Waals surface area contributed by atoms with Gasteiger partial charge in [0.15, 0.2) is 0 Å². The van der Waals surface area contributed by atoms with Crippen LogP contribution in [0.2, 0.25) is 0 Å². The Labute approximate surface area is 220 Å². The van der Waals surface area contributed by atoms with Crippen LogP contribution in [0.5, 0.6) is 0 Å². The molecule has 0 aromatic carbocycles. The number of hydrazine groups is 1. The van der Waals surface area contributed by atoms with Crippen LogP contribution in [-0.4, -0.2) is 97.4 Å². The highest BCUT2D eigenvalue weighted by Crippen LogP contribution is 2.37. The summed E-state index contributed by atoms with van der Waals surface area (Å²) in [6.45, 7) is 4.02. The number of amides is 1. The minimum absolute atomic E-state index is 0.0582. The normalized spacial score (nSPS) is 42.1. The molecule has 2 aliphatic carbocycles. The van der Waals surface area contributed by atoms with Crippen LogP contribution >= 0.6 is 11.6 Å². The molecule has 8 unspecified atom stereocenters. The van der Waals surface area contributed by atoms with Crippen LogP contribution < -0.4 is 32.1 Å². The van der Waals surface area contributed by atoms with Gasteiger partial charge in [0.1, 0.15) is 0 Å². The first-order chi connectivity index (χ1) is 17.6. The molecule has 0 radical (unpaired) electrons. The number of carbonyl (C=O) groups excluding carboxylic acids is 1. The fourth-order valence-corrected chi connectivity index (χ4v) is 7.51. The third kappa shape index (κ3) is 6.35. The molecule has 5 rings (SSSR count). The fraction of sp³-hybridized carbons (Fsp3) is 0.960. The number of nitrogens with one attached hydrogen (secondary N) is 6. The number of aliphatic hydroxyl groups excluding tert-OH is 1. The first-order valence-electron chi connectivity index (χ1n) is 14.2. The zero-order valence-electron chi connectivity index (χ0n) is 21.4. The average Bonchev–Trinajstić information content (AvgIpc) is 3.31. The van der Waals surface area contributed by atoms with Gasteiger partial charge in [-0.3, -0.25) is 15.0 Å². The third-order valence-electron chi connectivity index (χ3n) is 9.04. The molecule has 3 saturated heterocycles. The Morgan fingerprint density at radius 1 is 1.11 bits per heavy atom. The summed E-state index contributed by atoms with van der Waals surface area (Å²) in [4.78, 5) is 15.6. The second kappa shape index (κ2) is 13.0. The molecule has 3 aliphatic heterocycles. The monoisotopic (exact) mass is 527 g/mol. The summed E-state index contributed by atoms with van der Waals surface area (Å²) in [7, 11) is 0. The van der Waals surface area contributed by atoms with E-state index in [0.717, 1.165) is 77.5 Å². The molecule has 0 bridgehead atoms. The highest BCUT2D eigenvalue weighted by Gasteiger charge is 2.42. The van der Waals surface area contributed by atoms with Gasteiger partial charge in [0, 0.05) is 56.3 Å². The minimum Gasteiger partial charge on any atom is -0.395 e. The van der Waals surface area contributed by atoms with E-state index < -0.39 is 0 Å². The second-order valence-electron chi connectivity index (χ2n) is 11.3. The van der Waals surface area contributed by atoms with E-state index in [4.69, 9.17) is 16.3 Å². The van der Waals surface area contributed by atoms with Crippen LogP contribution in [0.3, 0.4) is 0 Å². The number of hydrogen-bond donors (Lipinski definition) is 7. The summed E-state index contributed by atoms with van der Waals surface area (Å²) in [5, 5.41) is 23.8. The highest BCUT2D eigenvalue weighted by atomic mass is 35.5. The molecule has 10 nitrogen and oxygen atoms in total. The van der Waals surface area contributed by atoms with E-state index >= 15 is 0 Å². The number of alkyl halides is 1.